The molecule has 2 aliphatic rings. The van der Waals surface area contributed by atoms with E-state index in [2.05, 4.69) is 10.6 Å². The minimum atomic E-state index is -0.647. The van der Waals surface area contributed by atoms with E-state index in [1.807, 2.05) is 0 Å². The van der Waals surface area contributed by atoms with E-state index >= 15 is 0 Å². The maximum atomic E-state index is 13.9. The maximum Gasteiger partial charge on any atom is 0.248 e. The predicted molar refractivity (Wildman–Crippen MR) is 80.8 cm³/mol. The number of anilines is 1. The van der Waals surface area contributed by atoms with E-state index in [1.54, 1.807) is 0 Å². The topological polar surface area (TPSA) is 84.2 Å². The van der Waals surface area contributed by atoms with Crippen LogP contribution in [-0.4, -0.2) is 24.9 Å². The third kappa shape index (κ3) is 2.47. The average molecular weight is 305 g/mol. The zero-order chi connectivity index (χ0) is 15.7. The van der Waals surface area contributed by atoms with Crippen LogP contribution in [0, 0.1) is 17.2 Å². The van der Waals surface area contributed by atoms with E-state index in [4.69, 9.17) is 5.73 Å². The van der Waals surface area contributed by atoms with Crippen LogP contribution >= 0.6 is 0 Å². The molecule has 6 heteroatoms. The van der Waals surface area contributed by atoms with Gasteiger partial charge in [-0.1, -0.05) is 12.8 Å². The molecule has 0 bridgehead atoms. The molecule has 2 fully saturated rings. The van der Waals surface area contributed by atoms with Crippen molar-refractivity contribution in [2.24, 2.45) is 17.1 Å². The van der Waals surface area contributed by atoms with Crippen molar-refractivity contribution in [3.8, 4) is 0 Å². The summed E-state index contributed by atoms with van der Waals surface area (Å²) in [6, 6.07) is 3.76. The van der Waals surface area contributed by atoms with Gasteiger partial charge in [-0.25, -0.2) is 4.39 Å². The lowest BCUT2D eigenvalue weighted by atomic mass is 9.67. The van der Waals surface area contributed by atoms with Crippen molar-refractivity contribution in [2.45, 2.75) is 25.7 Å². The van der Waals surface area contributed by atoms with Crippen molar-refractivity contribution in [3.05, 3.63) is 29.6 Å². The third-order valence-electron chi connectivity index (χ3n) is 4.99. The van der Waals surface area contributed by atoms with Crippen LogP contribution in [0.5, 0.6) is 0 Å². The first-order valence-corrected chi connectivity index (χ1v) is 7.64. The Morgan fingerprint density at radius 3 is 2.95 bits per heavy atom. The number of carbonyl (C=O) groups excluding carboxylic acids is 2. The highest BCUT2D eigenvalue weighted by Crippen LogP contribution is 2.44. The Morgan fingerprint density at radius 1 is 1.36 bits per heavy atom. The second-order valence-corrected chi connectivity index (χ2v) is 6.24. The van der Waals surface area contributed by atoms with Gasteiger partial charge in [-0.3, -0.25) is 9.59 Å². The number of nitrogens with one attached hydrogen (secondary N) is 2. The van der Waals surface area contributed by atoms with Gasteiger partial charge >= 0.3 is 0 Å². The summed E-state index contributed by atoms with van der Waals surface area (Å²) in [6.07, 6.45) is 3.97. The van der Waals surface area contributed by atoms with Crippen molar-refractivity contribution in [2.75, 3.05) is 18.4 Å². The highest BCUT2D eigenvalue weighted by atomic mass is 19.1. The van der Waals surface area contributed by atoms with E-state index in [9.17, 15) is 14.0 Å². The molecule has 4 N–H and O–H groups in total. The molecule has 22 heavy (non-hydrogen) atoms. The van der Waals surface area contributed by atoms with Gasteiger partial charge in [0.25, 0.3) is 0 Å². The number of carbonyl (C=O) groups is 2. The van der Waals surface area contributed by atoms with E-state index in [0.717, 1.165) is 38.3 Å². The molecule has 0 radical (unpaired) electrons. The summed E-state index contributed by atoms with van der Waals surface area (Å²) in [4.78, 5) is 24.0. The summed E-state index contributed by atoms with van der Waals surface area (Å²) in [7, 11) is 0. The second kappa shape index (κ2) is 5.68. The molecule has 0 spiro atoms. The fourth-order valence-corrected chi connectivity index (χ4v) is 3.71. The fourth-order valence-electron chi connectivity index (χ4n) is 3.71. The number of hydrogen-bond donors (Lipinski definition) is 3. The number of fused-ring (bicyclic) bond motifs is 1. The van der Waals surface area contributed by atoms with Crippen LogP contribution in [0.3, 0.4) is 0 Å². The number of rotatable bonds is 3. The molecule has 1 heterocycles. The summed E-state index contributed by atoms with van der Waals surface area (Å²) in [6.45, 7) is 1.46. The molecule has 2 amide bonds. The Bertz CT molecular complexity index is 619. The zero-order valence-corrected chi connectivity index (χ0v) is 12.3. The lowest BCUT2D eigenvalue weighted by molar-refractivity contribution is -0.128. The molecule has 118 valence electrons. The van der Waals surface area contributed by atoms with Crippen LogP contribution in [0.25, 0.3) is 0 Å². The summed E-state index contributed by atoms with van der Waals surface area (Å²) >= 11 is 0. The molecule has 0 aromatic heterocycles. The highest BCUT2D eigenvalue weighted by molar-refractivity contribution is 5.98. The molecule has 1 aliphatic carbocycles. The molecule has 1 aliphatic heterocycles. The van der Waals surface area contributed by atoms with Crippen molar-refractivity contribution < 1.29 is 14.0 Å². The van der Waals surface area contributed by atoms with Crippen molar-refractivity contribution in [1.82, 2.24) is 5.32 Å². The van der Waals surface area contributed by atoms with Gasteiger partial charge in [0.05, 0.1) is 11.1 Å². The van der Waals surface area contributed by atoms with Gasteiger partial charge in [0, 0.05) is 12.1 Å². The van der Waals surface area contributed by atoms with Gasteiger partial charge in [0.1, 0.15) is 5.82 Å². The van der Waals surface area contributed by atoms with E-state index in [1.165, 1.54) is 12.1 Å². The standard InChI is InChI=1S/C16H20FN3O2/c17-12-5-4-10(14(18)21)7-13(12)20-15(22)16-6-2-1-3-11(16)8-19-9-16/h4-5,7,11,19H,1-3,6,8-9H2,(H2,18,21)(H,20,22)/t11-,16+/m0/s1. The number of hydrogen-bond acceptors (Lipinski definition) is 3. The van der Waals surface area contributed by atoms with Crippen LogP contribution in [0.1, 0.15) is 36.0 Å². The number of nitrogens with two attached hydrogens (primary N) is 1. The van der Waals surface area contributed by atoms with Crippen LogP contribution in [-0.2, 0) is 4.79 Å². The summed E-state index contributed by atoms with van der Waals surface area (Å²) < 4.78 is 13.9. The van der Waals surface area contributed by atoms with Crippen LogP contribution in [0.4, 0.5) is 10.1 Å². The van der Waals surface area contributed by atoms with Crippen molar-refractivity contribution in [3.63, 3.8) is 0 Å². The van der Waals surface area contributed by atoms with E-state index in [0.29, 0.717) is 12.5 Å². The van der Waals surface area contributed by atoms with Crippen molar-refractivity contribution in [1.29, 1.82) is 0 Å². The quantitative estimate of drug-likeness (QED) is 0.794. The van der Waals surface area contributed by atoms with E-state index < -0.39 is 17.1 Å². The molecule has 0 unspecified atom stereocenters. The number of benzene rings is 1. The Balaban J connectivity index is 1.85. The summed E-state index contributed by atoms with van der Waals surface area (Å²) in [5, 5.41) is 5.96. The smallest absolute Gasteiger partial charge is 0.248 e. The number of primary amides is 1. The number of amides is 2. The van der Waals surface area contributed by atoms with Crippen LogP contribution in [0.2, 0.25) is 0 Å². The minimum absolute atomic E-state index is 0.0203. The SMILES string of the molecule is NC(=O)c1ccc(F)c(NC(=O)[C@@]23CCCC[C@H]2CNC3)c1. The van der Waals surface area contributed by atoms with Crippen LogP contribution < -0.4 is 16.4 Å². The maximum absolute atomic E-state index is 13.9. The molecule has 1 aromatic rings. The van der Waals surface area contributed by atoms with Gasteiger partial charge in [-0.15, -0.1) is 0 Å². The molecule has 2 atom stereocenters. The Labute approximate surface area is 128 Å². The van der Waals surface area contributed by atoms with Gasteiger partial charge in [-0.2, -0.15) is 0 Å². The Kier molecular flexibility index (Phi) is 3.87. The normalized spacial score (nSPS) is 27.2. The van der Waals surface area contributed by atoms with Gasteiger partial charge in [-0.05, 0) is 43.5 Å². The molecule has 1 aromatic carbocycles. The molecular weight excluding hydrogens is 285 g/mol. The molecular formula is C16H20FN3O2. The Morgan fingerprint density at radius 2 is 2.18 bits per heavy atom. The number of halogens is 1. The predicted octanol–water partition coefficient (Wildman–Crippen LogP) is 1.64. The first kappa shape index (κ1) is 15.0. The molecule has 3 rings (SSSR count). The monoisotopic (exact) mass is 305 g/mol. The first-order valence-electron chi connectivity index (χ1n) is 7.64. The third-order valence-corrected chi connectivity index (χ3v) is 4.99. The van der Waals surface area contributed by atoms with Gasteiger partial charge in [0.15, 0.2) is 0 Å². The highest BCUT2D eigenvalue weighted by Gasteiger charge is 2.49. The second-order valence-electron chi connectivity index (χ2n) is 6.24. The Hall–Kier alpha value is -1.95. The first-order chi connectivity index (χ1) is 10.5. The lowest BCUT2D eigenvalue weighted by Crippen LogP contribution is -2.44. The average Bonchev–Trinajstić information content (AvgIpc) is 2.94. The molecule has 1 saturated carbocycles. The summed E-state index contributed by atoms with van der Waals surface area (Å²) in [5.41, 5.74) is 4.94. The van der Waals surface area contributed by atoms with Crippen LogP contribution in [0.15, 0.2) is 18.2 Å². The largest absolute Gasteiger partial charge is 0.366 e. The zero-order valence-electron chi connectivity index (χ0n) is 12.3. The fraction of sp³-hybridized carbons (Fsp3) is 0.500. The van der Waals surface area contributed by atoms with E-state index in [-0.39, 0.29) is 17.2 Å². The van der Waals surface area contributed by atoms with Gasteiger partial charge < -0.3 is 16.4 Å². The van der Waals surface area contributed by atoms with Gasteiger partial charge in [0.2, 0.25) is 11.8 Å². The molecule has 1 saturated heterocycles. The lowest BCUT2D eigenvalue weighted by Gasteiger charge is -2.37. The van der Waals surface area contributed by atoms with Crippen molar-refractivity contribution >= 4 is 17.5 Å². The summed E-state index contributed by atoms with van der Waals surface area (Å²) in [5.74, 6) is -1.08. The molecule has 5 nitrogen and oxygen atoms in total. The minimum Gasteiger partial charge on any atom is -0.366 e.